The second-order valence-electron chi connectivity index (χ2n) is 2.56. The van der Waals surface area contributed by atoms with Crippen LogP contribution in [0.15, 0.2) is 6.33 Å². The molecule has 9 heteroatoms. The summed E-state index contributed by atoms with van der Waals surface area (Å²) >= 11 is 10.3. The van der Waals surface area contributed by atoms with Gasteiger partial charge in [-0.2, -0.15) is 9.97 Å². The van der Waals surface area contributed by atoms with Gasteiger partial charge in [0.1, 0.15) is 5.52 Å². The van der Waals surface area contributed by atoms with Crippen LogP contribution in [0.3, 0.4) is 0 Å². The summed E-state index contributed by atoms with van der Waals surface area (Å²) in [4.78, 5) is 14.6. The highest BCUT2D eigenvalue weighted by Crippen LogP contribution is 2.17. The Balaban J connectivity index is 2.39. The zero-order valence-corrected chi connectivity index (χ0v) is 8.85. The number of imidazole rings is 1. The van der Waals surface area contributed by atoms with E-state index in [4.69, 9.17) is 17.3 Å². The third kappa shape index (κ3) is 2.05. The van der Waals surface area contributed by atoms with Crippen LogP contribution in [0.2, 0.25) is 5.28 Å². The Kier molecular flexibility index (Phi) is 2.52. The minimum Gasteiger partial charge on any atom is -0.375 e. The minimum atomic E-state index is 0.0850. The number of fused-ring (bicyclic) bond motifs is 1. The number of thiocarbonyl (C=S) groups is 1. The van der Waals surface area contributed by atoms with Crippen LogP contribution in [-0.4, -0.2) is 25.0 Å². The average molecular weight is 244 g/mol. The topological polar surface area (TPSA) is 105 Å². The molecule has 7 nitrogen and oxygen atoms in total. The summed E-state index contributed by atoms with van der Waals surface area (Å²) in [6.45, 7) is 0. The van der Waals surface area contributed by atoms with Gasteiger partial charge in [0, 0.05) is 0 Å². The van der Waals surface area contributed by atoms with Gasteiger partial charge in [-0.3, -0.25) is 10.9 Å². The molecular weight excluding hydrogens is 238 g/mol. The van der Waals surface area contributed by atoms with E-state index in [2.05, 4.69) is 43.0 Å². The normalized spacial score (nSPS) is 10.2. The molecule has 5 N–H and O–H groups in total. The van der Waals surface area contributed by atoms with Gasteiger partial charge in [-0.15, -0.1) is 0 Å². The van der Waals surface area contributed by atoms with Crippen LogP contribution < -0.4 is 16.6 Å². The monoisotopic (exact) mass is 243 g/mol. The van der Waals surface area contributed by atoms with Gasteiger partial charge in [0.2, 0.25) is 5.28 Å². The fraction of sp³-hybridized carbons (Fsp3) is 0. The zero-order valence-electron chi connectivity index (χ0n) is 7.28. The quantitative estimate of drug-likeness (QED) is 0.338. The molecule has 15 heavy (non-hydrogen) atoms. The summed E-state index contributed by atoms with van der Waals surface area (Å²) in [5, 5.41) is 0.180. The summed E-state index contributed by atoms with van der Waals surface area (Å²) in [6, 6.07) is 0. The van der Waals surface area contributed by atoms with Crippen LogP contribution in [0.1, 0.15) is 0 Å². The number of anilines is 1. The second-order valence-corrected chi connectivity index (χ2v) is 3.33. The number of nitrogens with zero attached hydrogens (tertiary/aromatic N) is 3. The number of rotatable bonds is 2. The van der Waals surface area contributed by atoms with Crippen LogP contribution in [0.25, 0.3) is 11.2 Å². The van der Waals surface area contributed by atoms with Crippen molar-refractivity contribution in [3.8, 4) is 0 Å². The molecule has 0 amide bonds. The molecule has 2 aromatic heterocycles. The van der Waals surface area contributed by atoms with Crippen molar-refractivity contribution < 1.29 is 0 Å². The van der Waals surface area contributed by atoms with Gasteiger partial charge in [-0.1, -0.05) is 0 Å². The summed E-state index contributed by atoms with van der Waals surface area (Å²) in [5.41, 5.74) is 11.6. The van der Waals surface area contributed by atoms with Crippen molar-refractivity contribution in [3.63, 3.8) is 0 Å². The number of hydrazine groups is 1. The van der Waals surface area contributed by atoms with E-state index < -0.39 is 0 Å². The third-order valence-corrected chi connectivity index (χ3v) is 1.83. The van der Waals surface area contributed by atoms with Crippen LogP contribution in [-0.2, 0) is 0 Å². The Morgan fingerprint density at radius 2 is 2.33 bits per heavy atom. The van der Waals surface area contributed by atoms with Crippen molar-refractivity contribution in [2.45, 2.75) is 0 Å². The summed E-state index contributed by atoms with van der Waals surface area (Å²) in [6.07, 6.45) is 1.49. The van der Waals surface area contributed by atoms with Crippen LogP contribution in [0, 0.1) is 0 Å². The lowest BCUT2D eigenvalue weighted by molar-refractivity contribution is 1.08. The average Bonchev–Trinajstić information content (AvgIpc) is 2.61. The van der Waals surface area contributed by atoms with Crippen molar-refractivity contribution in [3.05, 3.63) is 11.6 Å². The van der Waals surface area contributed by atoms with Gasteiger partial charge >= 0.3 is 0 Å². The number of hydrogen-bond donors (Lipinski definition) is 4. The predicted molar refractivity (Wildman–Crippen MR) is 60.2 cm³/mol. The molecule has 0 aromatic carbocycles. The molecule has 0 saturated carbocycles. The standard InChI is InChI=1S/C6H6ClN7S/c7-5-11-3-2(9-1-10-3)4(12-5)13-14-6(8)15/h1H,(H3,8,14,15)(H2,9,10,11,12,13). The summed E-state index contributed by atoms with van der Waals surface area (Å²) in [7, 11) is 0. The van der Waals surface area contributed by atoms with Crippen LogP contribution >= 0.6 is 23.8 Å². The molecule has 78 valence electrons. The molecule has 2 heterocycles. The molecule has 0 spiro atoms. The van der Waals surface area contributed by atoms with E-state index in [-0.39, 0.29) is 10.4 Å². The summed E-state index contributed by atoms with van der Waals surface area (Å²) < 4.78 is 0. The molecule has 0 aliphatic heterocycles. The lowest BCUT2D eigenvalue weighted by atomic mass is 10.5. The zero-order chi connectivity index (χ0) is 10.8. The Morgan fingerprint density at radius 1 is 1.53 bits per heavy atom. The highest BCUT2D eigenvalue weighted by molar-refractivity contribution is 7.80. The lowest BCUT2D eigenvalue weighted by Gasteiger charge is -2.06. The first-order valence-corrected chi connectivity index (χ1v) is 4.63. The number of nitrogens with one attached hydrogen (secondary N) is 3. The van der Waals surface area contributed by atoms with Gasteiger partial charge in [0.05, 0.1) is 6.33 Å². The first kappa shape index (κ1) is 9.87. The first-order valence-electron chi connectivity index (χ1n) is 3.85. The van der Waals surface area contributed by atoms with E-state index in [1.54, 1.807) is 0 Å². The van der Waals surface area contributed by atoms with Crippen molar-refractivity contribution in [1.29, 1.82) is 0 Å². The molecule has 0 aliphatic carbocycles. The van der Waals surface area contributed by atoms with E-state index in [9.17, 15) is 0 Å². The van der Waals surface area contributed by atoms with Gasteiger partial charge < -0.3 is 10.7 Å². The summed E-state index contributed by atoms with van der Waals surface area (Å²) in [5.74, 6) is 0.426. The maximum Gasteiger partial charge on any atom is 0.226 e. The molecular formula is C6H6ClN7S. The van der Waals surface area contributed by atoms with Crippen LogP contribution in [0.5, 0.6) is 0 Å². The van der Waals surface area contributed by atoms with Gasteiger partial charge in [-0.05, 0) is 23.8 Å². The van der Waals surface area contributed by atoms with Crippen molar-refractivity contribution in [2.75, 3.05) is 5.43 Å². The van der Waals surface area contributed by atoms with Crippen molar-refractivity contribution >= 4 is 45.9 Å². The second kappa shape index (κ2) is 3.83. The highest BCUT2D eigenvalue weighted by Gasteiger charge is 2.07. The maximum absolute atomic E-state index is 5.69. The van der Waals surface area contributed by atoms with E-state index in [1.807, 2.05) is 0 Å². The minimum absolute atomic E-state index is 0.0850. The fourth-order valence-electron chi connectivity index (χ4n) is 1.02. The number of H-pyrrole nitrogens is 1. The van der Waals surface area contributed by atoms with E-state index in [0.29, 0.717) is 17.0 Å². The maximum atomic E-state index is 5.69. The molecule has 0 unspecified atom stereocenters. The largest absolute Gasteiger partial charge is 0.375 e. The lowest BCUT2D eigenvalue weighted by Crippen LogP contribution is -2.34. The molecule has 2 rings (SSSR count). The number of nitrogens with two attached hydrogens (primary N) is 1. The van der Waals surface area contributed by atoms with Crippen molar-refractivity contribution in [2.24, 2.45) is 5.73 Å². The molecule has 2 aromatic rings. The molecule has 0 saturated heterocycles. The SMILES string of the molecule is NC(=S)NNc1nc(Cl)nc2nc[nH]c12. The predicted octanol–water partition coefficient (Wildman–Crippen LogP) is 0.166. The number of hydrogen-bond acceptors (Lipinski definition) is 5. The molecule has 0 radical (unpaired) electrons. The Hall–Kier alpha value is -1.67. The van der Waals surface area contributed by atoms with Gasteiger partial charge in [0.25, 0.3) is 0 Å². The van der Waals surface area contributed by atoms with Gasteiger partial charge in [-0.25, -0.2) is 4.98 Å². The molecule has 0 fully saturated rings. The van der Waals surface area contributed by atoms with Crippen molar-refractivity contribution in [1.82, 2.24) is 25.4 Å². The van der Waals surface area contributed by atoms with Crippen LogP contribution in [0.4, 0.5) is 5.82 Å². The van der Waals surface area contributed by atoms with E-state index >= 15 is 0 Å². The third-order valence-electron chi connectivity index (χ3n) is 1.56. The first-order chi connectivity index (χ1) is 7.16. The smallest absolute Gasteiger partial charge is 0.226 e. The highest BCUT2D eigenvalue weighted by atomic mass is 35.5. The van der Waals surface area contributed by atoms with E-state index in [0.717, 1.165) is 0 Å². The number of aromatic amines is 1. The molecule has 0 aliphatic rings. The Labute approximate surface area is 94.4 Å². The molecule has 0 bridgehead atoms. The van der Waals surface area contributed by atoms with Gasteiger partial charge in [0.15, 0.2) is 16.6 Å². The number of halogens is 1. The Morgan fingerprint density at radius 3 is 3.07 bits per heavy atom. The molecule has 0 atom stereocenters. The van der Waals surface area contributed by atoms with E-state index in [1.165, 1.54) is 6.33 Å². The number of aromatic nitrogens is 4. The Bertz CT molecular complexity index is 509. The fourth-order valence-corrected chi connectivity index (χ4v) is 1.23.